The van der Waals surface area contributed by atoms with Gasteiger partial charge in [0, 0.05) is 19.3 Å². The molecule has 1 unspecified atom stereocenters. The van der Waals surface area contributed by atoms with Crippen LogP contribution in [0.2, 0.25) is 0 Å². The molecule has 69 heavy (non-hydrogen) atoms. The van der Waals surface area contributed by atoms with Gasteiger partial charge in [0.25, 0.3) is 0 Å². The van der Waals surface area contributed by atoms with Gasteiger partial charge in [-0.2, -0.15) is 0 Å². The summed E-state index contributed by atoms with van der Waals surface area (Å²) in [5.74, 6) is -0.871. The molecule has 398 valence electrons. The Balaban J connectivity index is 3.90. The van der Waals surface area contributed by atoms with E-state index in [0.29, 0.717) is 19.3 Å². The van der Waals surface area contributed by atoms with E-state index in [1.807, 2.05) is 0 Å². The molecule has 0 amide bonds. The first kappa shape index (κ1) is 65.8. The quantitative estimate of drug-likeness (QED) is 0.0262. The van der Waals surface area contributed by atoms with Crippen LogP contribution in [0.25, 0.3) is 0 Å². The average Bonchev–Trinajstić information content (AvgIpc) is 3.35. The summed E-state index contributed by atoms with van der Waals surface area (Å²) in [6.45, 7) is 6.47. The minimum Gasteiger partial charge on any atom is -0.462 e. The minimum atomic E-state index is -0.765. The molecule has 6 heteroatoms. The highest BCUT2D eigenvalue weighted by Gasteiger charge is 2.19. The van der Waals surface area contributed by atoms with Gasteiger partial charge in [-0.1, -0.05) is 273 Å². The molecular formula is C63H110O6. The summed E-state index contributed by atoms with van der Waals surface area (Å²) < 4.78 is 16.7. The smallest absolute Gasteiger partial charge is 0.306 e. The summed E-state index contributed by atoms with van der Waals surface area (Å²) in [5.41, 5.74) is 0. The van der Waals surface area contributed by atoms with Crippen LogP contribution < -0.4 is 0 Å². The monoisotopic (exact) mass is 963 g/mol. The normalized spacial score (nSPS) is 12.6. The van der Waals surface area contributed by atoms with E-state index in [1.165, 1.54) is 154 Å². The molecule has 0 aliphatic rings. The van der Waals surface area contributed by atoms with Crippen molar-refractivity contribution in [1.29, 1.82) is 0 Å². The molecule has 1 atom stereocenters. The van der Waals surface area contributed by atoms with Crippen molar-refractivity contribution in [2.45, 2.75) is 297 Å². The van der Waals surface area contributed by atoms with Crippen molar-refractivity contribution in [2.75, 3.05) is 13.2 Å². The van der Waals surface area contributed by atoms with Gasteiger partial charge in [-0.05, 0) is 70.6 Å². The number of hydrogen-bond donors (Lipinski definition) is 0. The molecule has 6 nitrogen and oxygen atoms in total. The molecule has 0 aromatic heterocycles. The number of carbonyl (C=O) groups is 3. The van der Waals surface area contributed by atoms with Gasteiger partial charge in [0.15, 0.2) is 6.10 Å². The van der Waals surface area contributed by atoms with E-state index in [4.69, 9.17) is 14.2 Å². The molecule has 0 radical (unpaired) electrons. The van der Waals surface area contributed by atoms with Gasteiger partial charge >= 0.3 is 17.9 Å². The molecule has 0 aromatic carbocycles. The van der Waals surface area contributed by atoms with Crippen molar-refractivity contribution in [1.82, 2.24) is 0 Å². The van der Waals surface area contributed by atoms with Gasteiger partial charge in [0.05, 0.1) is 0 Å². The van der Waals surface area contributed by atoms with Crippen LogP contribution in [-0.2, 0) is 28.6 Å². The van der Waals surface area contributed by atoms with E-state index in [9.17, 15) is 14.4 Å². The standard InChI is InChI=1S/C63H110O6/c1-4-7-10-13-16-18-19-20-21-22-23-24-25-26-27-28-29-30-31-32-33-34-35-36-37-38-39-40-41-42-43-45-47-50-53-56-62(65)68-59-60(58-67-61(64)55-52-49-46-15-12-9-6-3)69-63(66)57-54-51-48-44-17-14-11-8-5-2/h7,10,16,18,20-21,23-24,26-27,29-30,60H,4-6,8-9,11-15,17,19,22,25,28,31-59H2,1-3H3/b10-7-,18-16-,21-20-,24-23-,27-26-,30-29-. The number of esters is 3. The Labute approximate surface area is 427 Å². The Morgan fingerprint density at radius 2 is 0.565 bits per heavy atom. The van der Waals surface area contributed by atoms with E-state index in [2.05, 4.69) is 93.7 Å². The number of rotatable bonds is 53. The molecule has 0 aliphatic heterocycles. The summed E-state index contributed by atoms with van der Waals surface area (Å²) in [6, 6.07) is 0. The number of ether oxygens (including phenoxy) is 3. The molecule has 0 saturated heterocycles. The molecule has 0 N–H and O–H groups in total. The molecule has 0 fully saturated rings. The highest BCUT2D eigenvalue weighted by Crippen LogP contribution is 2.16. The van der Waals surface area contributed by atoms with E-state index < -0.39 is 6.10 Å². The molecular weight excluding hydrogens is 853 g/mol. The Bertz CT molecular complexity index is 1290. The number of allylic oxidation sites excluding steroid dienone is 12. The third-order valence-corrected chi connectivity index (χ3v) is 12.7. The second kappa shape index (κ2) is 57.4. The predicted molar refractivity (Wildman–Crippen MR) is 298 cm³/mol. The number of unbranched alkanes of at least 4 members (excludes halogenated alkanes) is 30. The van der Waals surface area contributed by atoms with Gasteiger partial charge in [-0.15, -0.1) is 0 Å². The van der Waals surface area contributed by atoms with Crippen LogP contribution in [0.1, 0.15) is 290 Å². The first-order valence-electron chi connectivity index (χ1n) is 29.4. The van der Waals surface area contributed by atoms with Crippen molar-refractivity contribution in [2.24, 2.45) is 0 Å². The van der Waals surface area contributed by atoms with Crippen molar-refractivity contribution in [3.8, 4) is 0 Å². The Morgan fingerprint density at radius 1 is 0.304 bits per heavy atom. The molecule has 0 spiro atoms. The van der Waals surface area contributed by atoms with Crippen molar-refractivity contribution < 1.29 is 28.6 Å². The van der Waals surface area contributed by atoms with Crippen LogP contribution in [0, 0.1) is 0 Å². The highest BCUT2D eigenvalue weighted by molar-refractivity contribution is 5.71. The van der Waals surface area contributed by atoms with E-state index in [-0.39, 0.29) is 31.1 Å². The first-order chi connectivity index (χ1) is 34.0. The van der Waals surface area contributed by atoms with Crippen molar-refractivity contribution in [3.05, 3.63) is 72.9 Å². The zero-order valence-corrected chi connectivity index (χ0v) is 45.6. The molecule has 0 aromatic rings. The fourth-order valence-corrected chi connectivity index (χ4v) is 8.33. The topological polar surface area (TPSA) is 78.9 Å². The van der Waals surface area contributed by atoms with Gasteiger partial charge in [-0.25, -0.2) is 0 Å². The Kier molecular flexibility index (Phi) is 54.8. The van der Waals surface area contributed by atoms with Crippen molar-refractivity contribution in [3.63, 3.8) is 0 Å². The zero-order valence-electron chi connectivity index (χ0n) is 45.6. The Morgan fingerprint density at radius 3 is 0.884 bits per heavy atom. The fraction of sp³-hybridized carbons (Fsp3) is 0.762. The lowest BCUT2D eigenvalue weighted by atomic mass is 10.0. The molecule has 0 bridgehead atoms. The summed E-state index contributed by atoms with van der Waals surface area (Å²) in [7, 11) is 0. The van der Waals surface area contributed by atoms with Crippen LogP contribution in [0.15, 0.2) is 72.9 Å². The van der Waals surface area contributed by atoms with Gasteiger partial charge < -0.3 is 14.2 Å². The third kappa shape index (κ3) is 55.6. The van der Waals surface area contributed by atoms with Crippen LogP contribution in [0.3, 0.4) is 0 Å². The van der Waals surface area contributed by atoms with E-state index >= 15 is 0 Å². The SMILES string of the molecule is CC/C=C\C/C=C\C/C=C\C/C=C\C/C=C\C/C=C\CCCCCCCCCCCCCCCCCCC(=O)OCC(COC(=O)CCCCCCCCC)OC(=O)CCCCCCCCCCC. The molecule has 0 rings (SSSR count). The lowest BCUT2D eigenvalue weighted by molar-refractivity contribution is -0.167. The second-order valence-electron chi connectivity index (χ2n) is 19.5. The molecule has 0 aliphatic carbocycles. The highest BCUT2D eigenvalue weighted by atomic mass is 16.6. The third-order valence-electron chi connectivity index (χ3n) is 12.7. The summed E-state index contributed by atoms with van der Waals surface area (Å²) >= 11 is 0. The fourth-order valence-electron chi connectivity index (χ4n) is 8.33. The zero-order chi connectivity index (χ0) is 50.0. The molecule has 0 heterocycles. The maximum Gasteiger partial charge on any atom is 0.306 e. The number of hydrogen-bond acceptors (Lipinski definition) is 6. The van der Waals surface area contributed by atoms with Crippen LogP contribution in [0.5, 0.6) is 0 Å². The predicted octanol–water partition coefficient (Wildman–Crippen LogP) is 19.8. The first-order valence-corrected chi connectivity index (χ1v) is 29.4. The Hall–Kier alpha value is -3.15. The molecule has 0 saturated carbocycles. The van der Waals surface area contributed by atoms with Crippen LogP contribution in [0.4, 0.5) is 0 Å². The lowest BCUT2D eigenvalue weighted by Gasteiger charge is -2.18. The lowest BCUT2D eigenvalue weighted by Crippen LogP contribution is -2.30. The minimum absolute atomic E-state index is 0.0700. The van der Waals surface area contributed by atoms with Crippen molar-refractivity contribution >= 4 is 17.9 Å². The number of carbonyl (C=O) groups excluding carboxylic acids is 3. The van der Waals surface area contributed by atoms with Crippen LogP contribution in [-0.4, -0.2) is 37.2 Å². The van der Waals surface area contributed by atoms with Gasteiger partial charge in [0.2, 0.25) is 0 Å². The summed E-state index contributed by atoms with van der Waals surface area (Å²) in [6.07, 6.45) is 73.8. The van der Waals surface area contributed by atoms with E-state index in [1.54, 1.807) is 0 Å². The van der Waals surface area contributed by atoms with Gasteiger partial charge in [-0.3, -0.25) is 14.4 Å². The van der Waals surface area contributed by atoms with Gasteiger partial charge in [0.1, 0.15) is 13.2 Å². The summed E-state index contributed by atoms with van der Waals surface area (Å²) in [5, 5.41) is 0. The van der Waals surface area contributed by atoms with Crippen LogP contribution >= 0.6 is 0 Å². The maximum absolute atomic E-state index is 12.7. The summed E-state index contributed by atoms with van der Waals surface area (Å²) in [4.78, 5) is 37.7. The van der Waals surface area contributed by atoms with E-state index in [0.717, 1.165) is 96.3 Å². The largest absolute Gasteiger partial charge is 0.462 e. The average molecular weight is 964 g/mol. The maximum atomic E-state index is 12.7. The second-order valence-corrected chi connectivity index (χ2v) is 19.5.